The minimum atomic E-state index is -0.519. The van der Waals surface area contributed by atoms with Crippen LogP contribution in [0.4, 0.5) is 4.79 Å². The van der Waals surface area contributed by atoms with Crippen molar-refractivity contribution in [3.8, 4) is 0 Å². The summed E-state index contributed by atoms with van der Waals surface area (Å²) in [6.45, 7) is 6.15. The van der Waals surface area contributed by atoms with E-state index < -0.39 is 5.60 Å². The zero-order valence-corrected chi connectivity index (χ0v) is 12.9. The molecule has 4 nitrogen and oxygen atoms in total. The molecule has 0 bridgehead atoms. The third-order valence-corrected chi connectivity index (χ3v) is 3.64. The van der Waals surface area contributed by atoms with Gasteiger partial charge in [-0.3, -0.25) is 4.90 Å². The van der Waals surface area contributed by atoms with Crippen molar-refractivity contribution in [2.45, 2.75) is 44.9 Å². The smallest absolute Gasteiger partial charge is 0.410 e. The molecule has 1 aromatic rings. The zero-order chi connectivity index (χ0) is 14.9. The van der Waals surface area contributed by atoms with E-state index in [4.69, 9.17) is 22.1 Å². The van der Waals surface area contributed by atoms with Gasteiger partial charge in [-0.25, -0.2) is 4.79 Å². The molecule has 2 atom stereocenters. The molecule has 0 radical (unpaired) electrons. The summed E-state index contributed by atoms with van der Waals surface area (Å²) in [4.78, 5) is 14.0. The Kier molecular flexibility index (Phi) is 4.25. The molecule has 5 heteroatoms. The second-order valence-electron chi connectivity index (χ2n) is 6.09. The summed E-state index contributed by atoms with van der Waals surface area (Å²) in [5.74, 6) is 0. The first-order chi connectivity index (χ1) is 9.29. The van der Waals surface area contributed by atoms with Crippen LogP contribution in [0.3, 0.4) is 0 Å². The molecule has 1 aromatic carbocycles. The van der Waals surface area contributed by atoms with Crippen molar-refractivity contribution in [2.24, 2.45) is 5.73 Å². The molecule has 2 rings (SSSR count). The number of carbonyl (C=O) groups is 1. The van der Waals surface area contributed by atoms with Crippen molar-refractivity contribution in [3.63, 3.8) is 0 Å². The van der Waals surface area contributed by atoms with Gasteiger partial charge in [0, 0.05) is 17.6 Å². The van der Waals surface area contributed by atoms with Gasteiger partial charge >= 0.3 is 6.09 Å². The molecule has 0 aliphatic carbocycles. The number of likely N-dealkylation sites (tertiary alicyclic amines) is 1. The van der Waals surface area contributed by atoms with E-state index in [-0.39, 0.29) is 18.2 Å². The Bertz CT molecular complexity index is 499. The fraction of sp³-hybridized carbons (Fsp3) is 0.533. The lowest BCUT2D eigenvalue weighted by atomic mass is 10.0. The molecule has 1 fully saturated rings. The Labute approximate surface area is 124 Å². The van der Waals surface area contributed by atoms with Crippen molar-refractivity contribution in [3.05, 3.63) is 34.9 Å². The van der Waals surface area contributed by atoms with Crippen LogP contribution in [0.1, 0.15) is 38.8 Å². The Morgan fingerprint density at radius 1 is 1.40 bits per heavy atom. The molecule has 1 aliphatic rings. The highest BCUT2D eigenvalue weighted by atomic mass is 35.5. The molecule has 0 saturated carbocycles. The molecule has 0 spiro atoms. The number of amides is 1. The number of rotatable bonds is 1. The maximum absolute atomic E-state index is 12.3. The van der Waals surface area contributed by atoms with Gasteiger partial charge in [-0.15, -0.1) is 0 Å². The predicted octanol–water partition coefficient (Wildman–Crippen LogP) is 3.35. The van der Waals surface area contributed by atoms with E-state index in [9.17, 15) is 4.79 Å². The fourth-order valence-electron chi connectivity index (χ4n) is 2.46. The standard InChI is InChI=1S/C15H21ClN2O2/c1-15(2,3)20-14(19)18-9-8-12(17)13(18)10-6-4-5-7-11(10)16/h4-7,12-13H,8-9,17H2,1-3H3/t12-,13-/m0/s1. The van der Waals surface area contributed by atoms with Crippen LogP contribution in [0.5, 0.6) is 0 Å². The van der Waals surface area contributed by atoms with Crippen molar-refractivity contribution in [2.75, 3.05) is 6.54 Å². The van der Waals surface area contributed by atoms with Crippen LogP contribution in [0.25, 0.3) is 0 Å². The summed E-state index contributed by atoms with van der Waals surface area (Å²) in [5.41, 5.74) is 6.52. The third-order valence-electron chi connectivity index (χ3n) is 3.30. The van der Waals surface area contributed by atoms with E-state index >= 15 is 0 Å². The molecule has 20 heavy (non-hydrogen) atoms. The summed E-state index contributed by atoms with van der Waals surface area (Å²) in [6.07, 6.45) is 0.408. The summed E-state index contributed by atoms with van der Waals surface area (Å²) >= 11 is 6.24. The molecular formula is C15H21ClN2O2. The van der Waals surface area contributed by atoms with Gasteiger partial charge in [0.05, 0.1) is 6.04 Å². The zero-order valence-electron chi connectivity index (χ0n) is 12.1. The average Bonchev–Trinajstić information content (AvgIpc) is 2.70. The molecule has 1 saturated heterocycles. The van der Waals surface area contributed by atoms with E-state index in [1.165, 1.54) is 0 Å². The minimum absolute atomic E-state index is 0.123. The Morgan fingerprint density at radius 3 is 2.65 bits per heavy atom. The average molecular weight is 297 g/mol. The molecule has 2 N–H and O–H groups in total. The van der Waals surface area contributed by atoms with Gasteiger partial charge < -0.3 is 10.5 Å². The quantitative estimate of drug-likeness (QED) is 0.864. The van der Waals surface area contributed by atoms with Gasteiger partial charge in [-0.2, -0.15) is 0 Å². The van der Waals surface area contributed by atoms with Crippen molar-refractivity contribution < 1.29 is 9.53 Å². The number of halogens is 1. The van der Waals surface area contributed by atoms with Gasteiger partial charge in [0.15, 0.2) is 0 Å². The van der Waals surface area contributed by atoms with Gasteiger partial charge in [0.2, 0.25) is 0 Å². The topological polar surface area (TPSA) is 55.6 Å². The molecule has 0 aromatic heterocycles. The minimum Gasteiger partial charge on any atom is -0.444 e. The van der Waals surface area contributed by atoms with Crippen LogP contribution < -0.4 is 5.73 Å². The van der Waals surface area contributed by atoms with Gasteiger partial charge in [0.1, 0.15) is 5.60 Å². The first-order valence-corrected chi connectivity index (χ1v) is 7.17. The highest BCUT2D eigenvalue weighted by molar-refractivity contribution is 6.31. The number of hydrogen-bond donors (Lipinski definition) is 1. The first kappa shape index (κ1) is 15.1. The Balaban J connectivity index is 2.26. The summed E-state index contributed by atoms with van der Waals surface area (Å²) < 4.78 is 5.45. The van der Waals surface area contributed by atoms with Crippen LogP contribution >= 0.6 is 11.6 Å². The highest BCUT2D eigenvalue weighted by Gasteiger charge is 2.39. The molecule has 1 heterocycles. The lowest BCUT2D eigenvalue weighted by Crippen LogP contribution is -2.39. The number of nitrogens with zero attached hydrogens (tertiary/aromatic N) is 1. The normalized spacial score (nSPS) is 22.9. The van der Waals surface area contributed by atoms with E-state index in [0.29, 0.717) is 11.6 Å². The summed E-state index contributed by atoms with van der Waals surface area (Å²) in [7, 11) is 0. The lowest BCUT2D eigenvalue weighted by molar-refractivity contribution is 0.0218. The molecule has 110 valence electrons. The maximum atomic E-state index is 12.3. The van der Waals surface area contributed by atoms with Gasteiger partial charge in [-0.1, -0.05) is 29.8 Å². The third kappa shape index (κ3) is 3.25. The number of ether oxygens (including phenoxy) is 1. The van der Waals surface area contributed by atoms with Crippen molar-refractivity contribution in [1.29, 1.82) is 0 Å². The molecule has 1 aliphatic heterocycles. The predicted molar refractivity (Wildman–Crippen MR) is 79.7 cm³/mol. The van der Waals surface area contributed by atoms with Crippen LogP contribution in [0.15, 0.2) is 24.3 Å². The fourth-order valence-corrected chi connectivity index (χ4v) is 2.70. The number of carbonyl (C=O) groups excluding carboxylic acids is 1. The van der Waals surface area contributed by atoms with Crippen molar-refractivity contribution >= 4 is 17.7 Å². The summed E-state index contributed by atoms with van der Waals surface area (Å²) in [5, 5.41) is 0.628. The monoisotopic (exact) mass is 296 g/mol. The maximum Gasteiger partial charge on any atom is 0.410 e. The number of hydrogen-bond acceptors (Lipinski definition) is 3. The van der Waals surface area contributed by atoms with E-state index in [1.807, 2.05) is 45.0 Å². The van der Waals surface area contributed by atoms with Crippen LogP contribution in [-0.2, 0) is 4.74 Å². The largest absolute Gasteiger partial charge is 0.444 e. The molecule has 1 amide bonds. The molecular weight excluding hydrogens is 276 g/mol. The van der Waals surface area contributed by atoms with Crippen LogP contribution in [-0.4, -0.2) is 29.2 Å². The summed E-state index contributed by atoms with van der Waals surface area (Å²) in [6, 6.07) is 7.15. The second kappa shape index (κ2) is 5.62. The van der Waals surface area contributed by atoms with Crippen LogP contribution in [0, 0.1) is 0 Å². The van der Waals surface area contributed by atoms with E-state index in [2.05, 4.69) is 0 Å². The SMILES string of the molecule is CC(C)(C)OC(=O)N1CC[C@H](N)[C@@H]1c1ccccc1Cl. The second-order valence-corrected chi connectivity index (χ2v) is 6.50. The first-order valence-electron chi connectivity index (χ1n) is 6.79. The Morgan fingerprint density at radius 2 is 2.05 bits per heavy atom. The van der Waals surface area contributed by atoms with Crippen LogP contribution in [0.2, 0.25) is 5.02 Å². The lowest BCUT2D eigenvalue weighted by Gasteiger charge is -2.30. The highest BCUT2D eigenvalue weighted by Crippen LogP contribution is 2.35. The van der Waals surface area contributed by atoms with Gasteiger partial charge in [-0.05, 0) is 38.8 Å². The number of benzene rings is 1. The number of nitrogens with two attached hydrogens (primary N) is 1. The van der Waals surface area contributed by atoms with Crippen molar-refractivity contribution in [1.82, 2.24) is 4.90 Å². The van der Waals surface area contributed by atoms with E-state index in [0.717, 1.165) is 12.0 Å². The van der Waals surface area contributed by atoms with E-state index in [1.54, 1.807) is 4.90 Å². The molecule has 0 unspecified atom stereocenters. The Hall–Kier alpha value is -1.26. The van der Waals surface area contributed by atoms with Gasteiger partial charge in [0.25, 0.3) is 0 Å².